The number of rotatable bonds is 15. The van der Waals surface area contributed by atoms with Crippen LogP contribution in [0.3, 0.4) is 0 Å². The lowest BCUT2D eigenvalue weighted by Crippen LogP contribution is -2.56. The molecule has 0 aliphatic heterocycles. The van der Waals surface area contributed by atoms with Crippen LogP contribution in [0.2, 0.25) is 0 Å². The van der Waals surface area contributed by atoms with Crippen molar-refractivity contribution in [3.8, 4) is 0 Å². The molecule has 0 aliphatic carbocycles. The van der Waals surface area contributed by atoms with Gasteiger partial charge >= 0.3 is 12.1 Å². The van der Waals surface area contributed by atoms with E-state index in [0.717, 1.165) is 25.7 Å². The molecular formula is C27H46N2O6S. The van der Waals surface area contributed by atoms with E-state index in [9.17, 15) is 24.6 Å². The SMILES string of the molecule is CC(C)=CCCC(C)=CCCC(C)=CCSCC(NC(=O)C(NC(=O)OC(C)(C)C)C(C)O)C(=O)O. The van der Waals surface area contributed by atoms with E-state index in [4.69, 9.17) is 4.74 Å². The third-order valence-corrected chi connectivity index (χ3v) is 5.98. The molecule has 0 aliphatic rings. The van der Waals surface area contributed by atoms with Crippen LogP contribution in [0.15, 0.2) is 34.9 Å². The Hall–Kier alpha value is -2.26. The zero-order valence-electron chi connectivity index (χ0n) is 23.1. The zero-order chi connectivity index (χ0) is 27.9. The number of amides is 2. The van der Waals surface area contributed by atoms with Gasteiger partial charge in [-0.1, -0.05) is 34.9 Å². The van der Waals surface area contributed by atoms with Crippen LogP contribution in [0.4, 0.5) is 4.79 Å². The molecule has 0 aromatic carbocycles. The number of carbonyl (C=O) groups is 3. The summed E-state index contributed by atoms with van der Waals surface area (Å²) in [6.07, 6.45) is 8.50. The second-order valence-corrected chi connectivity index (χ2v) is 11.3. The van der Waals surface area contributed by atoms with Crippen LogP contribution in [0, 0.1) is 0 Å². The van der Waals surface area contributed by atoms with E-state index in [1.807, 2.05) is 0 Å². The summed E-state index contributed by atoms with van der Waals surface area (Å²) < 4.78 is 5.12. The average Bonchev–Trinajstić information content (AvgIpc) is 2.72. The number of alkyl carbamates (subject to hydrolysis) is 1. The lowest BCUT2D eigenvalue weighted by Gasteiger charge is -2.25. The highest BCUT2D eigenvalue weighted by Gasteiger charge is 2.31. The van der Waals surface area contributed by atoms with E-state index in [2.05, 4.69) is 56.6 Å². The highest BCUT2D eigenvalue weighted by atomic mass is 32.2. The quantitative estimate of drug-likeness (QED) is 0.175. The van der Waals surface area contributed by atoms with E-state index in [1.165, 1.54) is 35.4 Å². The minimum Gasteiger partial charge on any atom is -0.480 e. The summed E-state index contributed by atoms with van der Waals surface area (Å²) in [7, 11) is 0. The van der Waals surface area contributed by atoms with Crippen molar-refractivity contribution < 1.29 is 29.3 Å². The maximum Gasteiger partial charge on any atom is 0.408 e. The van der Waals surface area contributed by atoms with Gasteiger partial charge in [-0.2, -0.15) is 11.8 Å². The minimum absolute atomic E-state index is 0.146. The summed E-state index contributed by atoms with van der Waals surface area (Å²) in [5, 5.41) is 24.2. The van der Waals surface area contributed by atoms with Gasteiger partial charge in [0.25, 0.3) is 0 Å². The number of carboxylic acid groups (broad SMARTS) is 1. The lowest BCUT2D eigenvalue weighted by molar-refractivity contribution is -0.141. The summed E-state index contributed by atoms with van der Waals surface area (Å²) in [6, 6.07) is -2.50. The first-order valence-corrected chi connectivity index (χ1v) is 13.5. The van der Waals surface area contributed by atoms with Gasteiger partial charge in [-0.25, -0.2) is 9.59 Å². The molecule has 0 aromatic rings. The standard InChI is InChI=1S/C27H46N2O6S/c1-18(2)11-9-12-19(3)13-10-14-20(4)15-16-36-17-22(25(32)33)28-24(31)23(21(5)30)29-26(34)35-27(6,7)8/h11,13,15,21-23,30H,9-10,12,14,16-17H2,1-8H3,(H,28,31)(H,29,34)(H,32,33). The van der Waals surface area contributed by atoms with E-state index < -0.39 is 41.8 Å². The van der Waals surface area contributed by atoms with Crippen LogP contribution in [0.25, 0.3) is 0 Å². The molecule has 2 amide bonds. The maximum atomic E-state index is 12.6. The molecule has 0 fully saturated rings. The number of nitrogens with one attached hydrogen (secondary N) is 2. The van der Waals surface area contributed by atoms with Crippen molar-refractivity contribution in [3.05, 3.63) is 34.9 Å². The number of ether oxygens (including phenoxy) is 1. The molecule has 3 unspecified atom stereocenters. The number of allylic oxidation sites excluding steroid dienone is 5. The van der Waals surface area contributed by atoms with Crippen molar-refractivity contribution in [2.45, 2.75) is 105 Å². The van der Waals surface area contributed by atoms with Gasteiger partial charge in [-0.3, -0.25) is 4.79 Å². The van der Waals surface area contributed by atoms with Gasteiger partial charge in [0.05, 0.1) is 6.10 Å². The number of hydrogen-bond acceptors (Lipinski definition) is 6. The first-order chi connectivity index (χ1) is 16.6. The molecule has 0 radical (unpaired) electrons. The largest absolute Gasteiger partial charge is 0.480 e. The van der Waals surface area contributed by atoms with E-state index in [1.54, 1.807) is 20.8 Å². The first kappa shape index (κ1) is 33.7. The Balaban J connectivity index is 4.69. The highest BCUT2D eigenvalue weighted by Crippen LogP contribution is 2.13. The first-order valence-electron chi connectivity index (χ1n) is 12.4. The predicted octanol–water partition coefficient (Wildman–Crippen LogP) is 4.98. The predicted molar refractivity (Wildman–Crippen MR) is 147 cm³/mol. The molecule has 0 bridgehead atoms. The number of carboxylic acids is 1. The number of carbonyl (C=O) groups excluding carboxylic acids is 2. The number of hydrogen-bond donors (Lipinski definition) is 4. The van der Waals surface area contributed by atoms with Gasteiger partial charge in [0.15, 0.2) is 0 Å². The van der Waals surface area contributed by atoms with E-state index in [-0.39, 0.29) is 5.75 Å². The Morgan fingerprint density at radius 3 is 2.00 bits per heavy atom. The molecule has 36 heavy (non-hydrogen) atoms. The van der Waals surface area contributed by atoms with Crippen LogP contribution in [0.1, 0.15) is 81.1 Å². The van der Waals surface area contributed by atoms with Crippen molar-refractivity contribution >= 4 is 29.7 Å². The maximum absolute atomic E-state index is 12.6. The van der Waals surface area contributed by atoms with Crippen molar-refractivity contribution in [1.82, 2.24) is 10.6 Å². The van der Waals surface area contributed by atoms with Crippen molar-refractivity contribution in [3.63, 3.8) is 0 Å². The van der Waals surface area contributed by atoms with Crippen LogP contribution >= 0.6 is 11.8 Å². The van der Waals surface area contributed by atoms with E-state index >= 15 is 0 Å². The average molecular weight is 527 g/mol. The Kier molecular flexibility index (Phi) is 16.2. The number of thioether (sulfide) groups is 1. The summed E-state index contributed by atoms with van der Waals surface area (Å²) in [4.78, 5) is 36.2. The van der Waals surface area contributed by atoms with Gasteiger partial charge in [0.2, 0.25) is 5.91 Å². The highest BCUT2D eigenvalue weighted by molar-refractivity contribution is 7.99. The zero-order valence-corrected chi connectivity index (χ0v) is 24.0. The van der Waals surface area contributed by atoms with Gasteiger partial charge in [0.1, 0.15) is 17.7 Å². The Morgan fingerprint density at radius 2 is 1.50 bits per heavy atom. The molecule has 0 rings (SSSR count). The molecule has 0 aromatic heterocycles. The fourth-order valence-corrected chi connectivity index (χ4v) is 4.00. The fourth-order valence-electron chi connectivity index (χ4n) is 3.00. The molecule has 0 saturated carbocycles. The van der Waals surface area contributed by atoms with Crippen LogP contribution < -0.4 is 10.6 Å². The Morgan fingerprint density at radius 1 is 0.944 bits per heavy atom. The smallest absolute Gasteiger partial charge is 0.408 e. The monoisotopic (exact) mass is 526 g/mol. The molecule has 4 N–H and O–H groups in total. The molecule has 0 heterocycles. The fraction of sp³-hybridized carbons (Fsp3) is 0.667. The Labute approximate surface area is 221 Å². The number of aliphatic hydroxyl groups is 1. The minimum atomic E-state index is -1.34. The second-order valence-electron chi connectivity index (χ2n) is 10.3. The number of aliphatic hydroxyl groups excluding tert-OH is 1. The van der Waals surface area contributed by atoms with Crippen molar-refractivity contribution in [2.24, 2.45) is 0 Å². The van der Waals surface area contributed by atoms with Gasteiger partial charge < -0.3 is 25.6 Å². The topological polar surface area (TPSA) is 125 Å². The molecule has 0 spiro atoms. The summed E-state index contributed by atoms with van der Waals surface area (Å²) >= 11 is 1.39. The summed E-state index contributed by atoms with van der Waals surface area (Å²) in [6.45, 7) is 14.8. The van der Waals surface area contributed by atoms with Crippen molar-refractivity contribution in [1.29, 1.82) is 0 Å². The Bertz CT molecular complexity index is 808. The second kappa shape index (κ2) is 17.2. The molecule has 8 nitrogen and oxygen atoms in total. The van der Waals surface area contributed by atoms with E-state index in [0.29, 0.717) is 5.75 Å². The van der Waals surface area contributed by atoms with Gasteiger partial charge in [-0.15, -0.1) is 0 Å². The molecule has 206 valence electrons. The third-order valence-electron chi connectivity index (χ3n) is 5.01. The summed E-state index contributed by atoms with van der Waals surface area (Å²) in [5.74, 6) is -1.22. The van der Waals surface area contributed by atoms with Crippen LogP contribution in [0.5, 0.6) is 0 Å². The van der Waals surface area contributed by atoms with Crippen LogP contribution in [-0.2, 0) is 14.3 Å². The van der Waals surface area contributed by atoms with Gasteiger partial charge in [-0.05, 0) is 81.1 Å². The van der Waals surface area contributed by atoms with Crippen molar-refractivity contribution in [2.75, 3.05) is 11.5 Å². The molecule has 3 atom stereocenters. The van der Waals surface area contributed by atoms with Crippen LogP contribution in [-0.4, -0.2) is 63.5 Å². The lowest BCUT2D eigenvalue weighted by atomic mass is 10.1. The van der Waals surface area contributed by atoms with Gasteiger partial charge in [0, 0.05) is 11.5 Å². The molecule has 9 heteroatoms. The molecule has 0 saturated heterocycles. The third kappa shape index (κ3) is 17.2. The summed E-state index contributed by atoms with van der Waals surface area (Å²) in [5.41, 5.74) is 3.16. The number of aliphatic carboxylic acids is 1. The normalized spacial score (nSPS) is 14.9. The molecular weight excluding hydrogens is 480 g/mol.